The van der Waals surface area contributed by atoms with Crippen LogP contribution in [0.3, 0.4) is 0 Å². The van der Waals surface area contributed by atoms with Gasteiger partial charge in [0.25, 0.3) is 0 Å². The Morgan fingerprint density at radius 1 is 1.12 bits per heavy atom. The highest BCUT2D eigenvalue weighted by molar-refractivity contribution is 5.02. The van der Waals surface area contributed by atoms with E-state index in [0.717, 1.165) is 12.4 Å². The second-order valence-electron chi connectivity index (χ2n) is 6.31. The summed E-state index contributed by atoms with van der Waals surface area (Å²) < 4.78 is 6.19. The van der Waals surface area contributed by atoms with Crippen molar-refractivity contribution in [2.75, 3.05) is 6.54 Å². The predicted molar refractivity (Wildman–Crippen MR) is 67.1 cm³/mol. The van der Waals surface area contributed by atoms with Crippen LogP contribution in [0.25, 0.3) is 0 Å². The second kappa shape index (κ2) is 3.97. The first-order valence-electron chi connectivity index (χ1n) is 6.59. The van der Waals surface area contributed by atoms with Crippen LogP contribution in [0.1, 0.15) is 59.3 Å². The summed E-state index contributed by atoms with van der Waals surface area (Å²) in [6, 6.07) is 0. The third-order valence-electron chi connectivity index (χ3n) is 4.00. The van der Waals surface area contributed by atoms with Crippen LogP contribution in [0.15, 0.2) is 12.5 Å². The molecular weight excluding hydrogens is 198 g/mol. The average Bonchev–Trinajstić information content (AvgIpc) is 2.16. The SMILES string of the molecule is C=C1OC2(CCCCC2)CCN1C(C)(C)C. The molecule has 2 aliphatic rings. The molecule has 2 heteroatoms. The van der Waals surface area contributed by atoms with Gasteiger partial charge in [0.05, 0.1) is 0 Å². The number of hydrogen-bond acceptors (Lipinski definition) is 2. The predicted octanol–water partition coefficient (Wildman–Crippen LogP) is 3.68. The minimum atomic E-state index is 0.132. The summed E-state index contributed by atoms with van der Waals surface area (Å²) in [5, 5.41) is 0. The lowest BCUT2D eigenvalue weighted by atomic mass is 9.81. The van der Waals surface area contributed by atoms with E-state index in [2.05, 4.69) is 32.3 Å². The van der Waals surface area contributed by atoms with E-state index >= 15 is 0 Å². The van der Waals surface area contributed by atoms with E-state index in [0.29, 0.717) is 0 Å². The second-order valence-corrected chi connectivity index (χ2v) is 6.31. The van der Waals surface area contributed by atoms with Gasteiger partial charge in [0.15, 0.2) is 5.88 Å². The minimum absolute atomic E-state index is 0.132. The molecule has 1 saturated carbocycles. The van der Waals surface area contributed by atoms with Crippen molar-refractivity contribution in [3.63, 3.8) is 0 Å². The van der Waals surface area contributed by atoms with Crippen LogP contribution < -0.4 is 0 Å². The van der Waals surface area contributed by atoms with E-state index in [1.54, 1.807) is 0 Å². The lowest BCUT2D eigenvalue weighted by Crippen LogP contribution is -2.51. The zero-order valence-corrected chi connectivity index (χ0v) is 11.0. The van der Waals surface area contributed by atoms with Crippen molar-refractivity contribution in [1.29, 1.82) is 0 Å². The molecule has 1 spiro atoms. The molecule has 1 aliphatic heterocycles. The fourth-order valence-corrected chi connectivity index (χ4v) is 3.05. The molecule has 0 aromatic heterocycles. The van der Waals surface area contributed by atoms with Gasteiger partial charge in [-0.1, -0.05) is 6.42 Å². The van der Waals surface area contributed by atoms with E-state index in [-0.39, 0.29) is 11.1 Å². The van der Waals surface area contributed by atoms with Gasteiger partial charge in [0, 0.05) is 18.5 Å². The Morgan fingerprint density at radius 2 is 1.75 bits per heavy atom. The summed E-state index contributed by atoms with van der Waals surface area (Å²) in [7, 11) is 0. The fraction of sp³-hybridized carbons (Fsp3) is 0.857. The lowest BCUT2D eigenvalue weighted by molar-refractivity contribution is -0.118. The maximum atomic E-state index is 6.19. The molecule has 0 aromatic rings. The number of ether oxygens (including phenoxy) is 1. The van der Waals surface area contributed by atoms with E-state index in [1.165, 1.54) is 38.5 Å². The van der Waals surface area contributed by atoms with Gasteiger partial charge >= 0.3 is 0 Å². The Bertz CT molecular complexity index is 271. The van der Waals surface area contributed by atoms with Gasteiger partial charge in [-0.15, -0.1) is 0 Å². The molecule has 0 N–H and O–H groups in total. The molecule has 92 valence electrons. The summed E-state index contributed by atoms with van der Waals surface area (Å²) in [5.74, 6) is 0.889. The first-order chi connectivity index (χ1) is 7.43. The molecule has 2 rings (SSSR count). The molecule has 16 heavy (non-hydrogen) atoms. The van der Waals surface area contributed by atoms with Gasteiger partial charge in [-0.25, -0.2) is 0 Å². The highest BCUT2D eigenvalue weighted by Gasteiger charge is 2.41. The summed E-state index contributed by atoms with van der Waals surface area (Å²) in [6.07, 6.45) is 7.64. The molecule has 0 amide bonds. The van der Waals surface area contributed by atoms with Crippen LogP contribution in [0, 0.1) is 0 Å². The van der Waals surface area contributed by atoms with Crippen LogP contribution >= 0.6 is 0 Å². The molecule has 1 aliphatic carbocycles. The third-order valence-corrected chi connectivity index (χ3v) is 4.00. The van der Waals surface area contributed by atoms with Gasteiger partial charge in [-0.05, 0) is 53.0 Å². The quantitative estimate of drug-likeness (QED) is 0.621. The average molecular weight is 223 g/mol. The smallest absolute Gasteiger partial charge is 0.182 e. The van der Waals surface area contributed by atoms with Crippen molar-refractivity contribution < 1.29 is 4.74 Å². The summed E-state index contributed by atoms with van der Waals surface area (Å²) in [5.41, 5.74) is 0.268. The summed E-state index contributed by atoms with van der Waals surface area (Å²) >= 11 is 0. The van der Waals surface area contributed by atoms with Crippen molar-refractivity contribution in [1.82, 2.24) is 4.90 Å². The van der Waals surface area contributed by atoms with E-state index < -0.39 is 0 Å². The van der Waals surface area contributed by atoms with Gasteiger partial charge in [0.1, 0.15) is 5.60 Å². The first kappa shape index (κ1) is 11.8. The highest BCUT2D eigenvalue weighted by Crippen LogP contribution is 2.41. The Hall–Kier alpha value is -0.660. The van der Waals surface area contributed by atoms with Crippen molar-refractivity contribution in [3.8, 4) is 0 Å². The largest absolute Gasteiger partial charge is 0.473 e. The maximum absolute atomic E-state index is 6.19. The normalized spacial score (nSPS) is 25.7. The van der Waals surface area contributed by atoms with Crippen molar-refractivity contribution in [2.24, 2.45) is 0 Å². The molecule has 2 fully saturated rings. The molecule has 0 radical (unpaired) electrons. The molecule has 0 atom stereocenters. The van der Waals surface area contributed by atoms with E-state index in [4.69, 9.17) is 4.74 Å². The van der Waals surface area contributed by atoms with Gasteiger partial charge in [0.2, 0.25) is 0 Å². The van der Waals surface area contributed by atoms with Crippen LogP contribution in [-0.4, -0.2) is 22.6 Å². The van der Waals surface area contributed by atoms with E-state index in [1.807, 2.05) is 0 Å². The standard InChI is InChI=1S/C14H25NO/c1-12-15(13(2,3)4)11-10-14(16-12)8-6-5-7-9-14/h1,5-11H2,2-4H3. The molecule has 1 saturated heterocycles. The van der Waals surface area contributed by atoms with Crippen molar-refractivity contribution in [3.05, 3.63) is 12.5 Å². The van der Waals surface area contributed by atoms with Crippen LogP contribution in [-0.2, 0) is 4.74 Å². The van der Waals surface area contributed by atoms with Gasteiger partial charge in [-0.2, -0.15) is 0 Å². The highest BCUT2D eigenvalue weighted by atomic mass is 16.5. The molecule has 1 heterocycles. The number of hydrogen-bond donors (Lipinski definition) is 0. The monoisotopic (exact) mass is 223 g/mol. The molecule has 2 nitrogen and oxygen atoms in total. The lowest BCUT2D eigenvalue weighted by Gasteiger charge is -2.50. The summed E-state index contributed by atoms with van der Waals surface area (Å²) in [4.78, 5) is 2.30. The Labute approximate surface area is 99.7 Å². The molecule has 0 unspecified atom stereocenters. The fourth-order valence-electron chi connectivity index (χ4n) is 3.05. The number of rotatable bonds is 0. The molecular formula is C14H25NO. The Morgan fingerprint density at radius 3 is 2.25 bits per heavy atom. The zero-order chi connectivity index (χ0) is 11.8. The topological polar surface area (TPSA) is 12.5 Å². The van der Waals surface area contributed by atoms with Gasteiger partial charge in [-0.3, -0.25) is 0 Å². The summed E-state index contributed by atoms with van der Waals surface area (Å²) in [6.45, 7) is 11.9. The van der Waals surface area contributed by atoms with Crippen molar-refractivity contribution >= 4 is 0 Å². The number of nitrogens with zero attached hydrogens (tertiary/aromatic N) is 1. The maximum Gasteiger partial charge on any atom is 0.182 e. The van der Waals surface area contributed by atoms with Crippen molar-refractivity contribution in [2.45, 2.75) is 70.4 Å². The molecule has 0 bridgehead atoms. The van der Waals surface area contributed by atoms with Crippen LogP contribution in [0.5, 0.6) is 0 Å². The van der Waals surface area contributed by atoms with Gasteiger partial charge < -0.3 is 9.64 Å². The zero-order valence-electron chi connectivity index (χ0n) is 11.0. The minimum Gasteiger partial charge on any atom is -0.473 e. The van der Waals surface area contributed by atoms with Crippen LogP contribution in [0.4, 0.5) is 0 Å². The van der Waals surface area contributed by atoms with E-state index in [9.17, 15) is 0 Å². The molecule has 0 aromatic carbocycles. The van der Waals surface area contributed by atoms with Crippen LogP contribution in [0.2, 0.25) is 0 Å². The first-order valence-corrected chi connectivity index (χ1v) is 6.59. The Kier molecular flexibility index (Phi) is 2.93. The third kappa shape index (κ3) is 2.21. The Balaban J connectivity index is 2.04.